The molecule has 1 unspecified atom stereocenters. The van der Waals surface area contributed by atoms with Crippen LogP contribution in [0.5, 0.6) is 0 Å². The zero-order chi connectivity index (χ0) is 11.4. The van der Waals surface area contributed by atoms with Gasteiger partial charge in [-0.1, -0.05) is 25.1 Å². The molecule has 1 fully saturated rings. The van der Waals surface area contributed by atoms with E-state index in [9.17, 15) is 0 Å². The minimum Gasteiger partial charge on any atom is -0.370 e. The molecule has 0 spiro atoms. The van der Waals surface area contributed by atoms with Crippen LogP contribution in [0.1, 0.15) is 25.3 Å². The first-order valence-corrected chi connectivity index (χ1v) is 6.35. The summed E-state index contributed by atoms with van der Waals surface area (Å²) in [7, 11) is 0. The van der Waals surface area contributed by atoms with Gasteiger partial charge in [0.25, 0.3) is 0 Å². The van der Waals surface area contributed by atoms with Gasteiger partial charge in [0.2, 0.25) is 0 Å². The van der Waals surface area contributed by atoms with Crippen LogP contribution in [0.4, 0.5) is 5.69 Å². The van der Waals surface area contributed by atoms with E-state index in [2.05, 4.69) is 48.3 Å². The van der Waals surface area contributed by atoms with Crippen molar-refractivity contribution in [2.45, 2.75) is 32.7 Å². The van der Waals surface area contributed by atoms with Crippen LogP contribution in [0.25, 0.3) is 0 Å². The summed E-state index contributed by atoms with van der Waals surface area (Å²) >= 11 is 0. The lowest BCUT2D eigenvalue weighted by molar-refractivity contribution is 0.549. The van der Waals surface area contributed by atoms with Crippen molar-refractivity contribution in [3.8, 4) is 0 Å². The standard InChI is InChI=1S/C14H22N2/c1-3-9-15-13-8-10-16(11-13)14-7-5-4-6-12(14)2/h4-7,13,15H,3,8-11H2,1-2H3. The Morgan fingerprint density at radius 3 is 2.94 bits per heavy atom. The SMILES string of the molecule is CCCNC1CCN(c2ccccc2C)C1. The Kier molecular flexibility index (Phi) is 3.83. The second-order valence-electron chi connectivity index (χ2n) is 4.67. The van der Waals surface area contributed by atoms with E-state index in [1.54, 1.807) is 0 Å². The van der Waals surface area contributed by atoms with Crippen LogP contribution in [0.3, 0.4) is 0 Å². The molecule has 1 aliphatic heterocycles. The minimum absolute atomic E-state index is 0.680. The number of anilines is 1. The molecule has 2 rings (SSSR count). The Hall–Kier alpha value is -1.02. The fourth-order valence-electron chi connectivity index (χ4n) is 2.41. The summed E-state index contributed by atoms with van der Waals surface area (Å²) in [5.41, 5.74) is 2.79. The molecular weight excluding hydrogens is 196 g/mol. The number of hydrogen-bond donors (Lipinski definition) is 1. The molecule has 2 heteroatoms. The first-order chi connectivity index (χ1) is 7.81. The lowest BCUT2D eigenvalue weighted by Crippen LogP contribution is -2.33. The number of hydrogen-bond acceptors (Lipinski definition) is 2. The summed E-state index contributed by atoms with van der Waals surface area (Å²) in [6.07, 6.45) is 2.50. The maximum Gasteiger partial charge on any atom is 0.0396 e. The molecule has 1 saturated heterocycles. The summed E-state index contributed by atoms with van der Waals surface area (Å²) in [6.45, 7) is 7.91. The molecule has 16 heavy (non-hydrogen) atoms. The van der Waals surface area contributed by atoms with Crippen LogP contribution in [0.15, 0.2) is 24.3 Å². The summed E-state index contributed by atoms with van der Waals surface area (Å²) in [5, 5.41) is 3.61. The van der Waals surface area contributed by atoms with Gasteiger partial charge in [0.05, 0.1) is 0 Å². The quantitative estimate of drug-likeness (QED) is 0.835. The number of benzene rings is 1. The Bertz CT molecular complexity index is 335. The smallest absolute Gasteiger partial charge is 0.0396 e. The van der Waals surface area contributed by atoms with Crippen molar-refractivity contribution in [2.24, 2.45) is 0 Å². The fourth-order valence-corrected chi connectivity index (χ4v) is 2.41. The van der Waals surface area contributed by atoms with Crippen LogP contribution in [-0.4, -0.2) is 25.7 Å². The molecule has 0 radical (unpaired) electrons. The van der Waals surface area contributed by atoms with Crippen molar-refractivity contribution in [2.75, 3.05) is 24.5 Å². The lowest BCUT2D eigenvalue weighted by atomic mass is 10.2. The van der Waals surface area contributed by atoms with Gasteiger partial charge in [-0.25, -0.2) is 0 Å². The highest BCUT2D eigenvalue weighted by Crippen LogP contribution is 2.23. The third kappa shape index (κ3) is 2.56. The molecule has 1 aromatic carbocycles. The molecular formula is C14H22N2. The van der Waals surface area contributed by atoms with E-state index >= 15 is 0 Å². The van der Waals surface area contributed by atoms with Crippen molar-refractivity contribution >= 4 is 5.69 Å². The predicted octanol–water partition coefficient (Wildman–Crippen LogP) is 2.57. The van der Waals surface area contributed by atoms with Crippen LogP contribution < -0.4 is 10.2 Å². The third-order valence-corrected chi connectivity index (χ3v) is 3.33. The number of rotatable bonds is 4. The van der Waals surface area contributed by atoms with Gasteiger partial charge in [-0.3, -0.25) is 0 Å². The van der Waals surface area contributed by atoms with Gasteiger partial charge in [0, 0.05) is 24.8 Å². The largest absolute Gasteiger partial charge is 0.370 e. The van der Waals surface area contributed by atoms with Crippen LogP contribution in [0, 0.1) is 6.92 Å². The van der Waals surface area contributed by atoms with Crippen molar-refractivity contribution in [1.82, 2.24) is 5.32 Å². The molecule has 0 saturated carbocycles. The number of nitrogens with zero attached hydrogens (tertiary/aromatic N) is 1. The topological polar surface area (TPSA) is 15.3 Å². The van der Waals surface area contributed by atoms with Gasteiger partial charge in [-0.05, 0) is 37.9 Å². The highest BCUT2D eigenvalue weighted by Gasteiger charge is 2.22. The van der Waals surface area contributed by atoms with Gasteiger partial charge >= 0.3 is 0 Å². The van der Waals surface area contributed by atoms with E-state index in [-0.39, 0.29) is 0 Å². The Balaban J connectivity index is 1.96. The first-order valence-electron chi connectivity index (χ1n) is 6.35. The molecule has 2 nitrogen and oxygen atoms in total. The maximum atomic E-state index is 3.61. The molecule has 0 aliphatic carbocycles. The van der Waals surface area contributed by atoms with E-state index in [0.717, 1.165) is 13.1 Å². The third-order valence-electron chi connectivity index (χ3n) is 3.33. The average molecular weight is 218 g/mol. The van der Waals surface area contributed by atoms with Crippen LogP contribution in [0.2, 0.25) is 0 Å². The summed E-state index contributed by atoms with van der Waals surface area (Å²) in [4.78, 5) is 2.50. The number of para-hydroxylation sites is 1. The predicted molar refractivity (Wildman–Crippen MR) is 70.1 cm³/mol. The zero-order valence-electron chi connectivity index (χ0n) is 10.4. The summed E-state index contributed by atoms with van der Waals surface area (Å²) in [6, 6.07) is 9.36. The monoisotopic (exact) mass is 218 g/mol. The Labute approximate surface area is 98.7 Å². The average Bonchev–Trinajstić information content (AvgIpc) is 2.75. The fraction of sp³-hybridized carbons (Fsp3) is 0.571. The van der Waals surface area contributed by atoms with E-state index in [1.165, 1.54) is 30.6 Å². The van der Waals surface area contributed by atoms with Gasteiger partial charge in [-0.15, -0.1) is 0 Å². The molecule has 1 aromatic rings. The van der Waals surface area contributed by atoms with Gasteiger partial charge in [0.1, 0.15) is 0 Å². The van der Waals surface area contributed by atoms with Crippen molar-refractivity contribution in [1.29, 1.82) is 0 Å². The molecule has 1 heterocycles. The number of nitrogens with one attached hydrogen (secondary N) is 1. The highest BCUT2D eigenvalue weighted by atomic mass is 15.2. The van der Waals surface area contributed by atoms with Gasteiger partial charge < -0.3 is 10.2 Å². The first kappa shape index (κ1) is 11.5. The summed E-state index contributed by atoms with van der Waals surface area (Å²) in [5.74, 6) is 0. The van der Waals surface area contributed by atoms with Gasteiger partial charge in [-0.2, -0.15) is 0 Å². The minimum atomic E-state index is 0.680. The molecule has 0 aromatic heterocycles. The maximum absolute atomic E-state index is 3.61. The van der Waals surface area contributed by atoms with Crippen LogP contribution in [-0.2, 0) is 0 Å². The molecule has 88 valence electrons. The van der Waals surface area contributed by atoms with Crippen molar-refractivity contribution in [3.05, 3.63) is 29.8 Å². The van der Waals surface area contributed by atoms with Gasteiger partial charge in [0.15, 0.2) is 0 Å². The summed E-state index contributed by atoms with van der Waals surface area (Å²) < 4.78 is 0. The van der Waals surface area contributed by atoms with Crippen LogP contribution >= 0.6 is 0 Å². The Morgan fingerprint density at radius 2 is 2.19 bits per heavy atom. The second-order valence-corrected chi connectivity index (χ2v) is 4.67. The van der Waals surface area contributed by atoms with E-state index in [4.69, 9.17) is 0 Å². The number of aryl methyl sites for hydroxylation is 1. The van der Waals surface area contributed by atoms with E-state index in [1.807, 2.05) is 0 Å². The molecule has 0 bridgehead atoms. The second kappa shape index (κ2) is 5.35. The molecule has 1 aliphatic rings. The lowest BCUT2D eigenvalue weighted by Gasteiger charge is -2.21. The highest BCUT2D eigenvalue weighted by molar-refractivity contribution is 5.53. The molecule has 1 N–H and O–H groups in total. The molecule has 0 amide bonds. The zero-order valence-corrected chi connectivity index (χ0v) is 10.4. The molecule has 1 atom stereocenters. The van der Waals surface area contributed by atoms with Crippen molar-refractivity contribution in [3.63, 3.8) is 0 Å². The normalized spacial score (nSPS) is 20.4. The van der Waals surface area contributed by atoms with E-state index < -0.39 is 0 Å². The van der Waals surface area contributed by atoms with E-state index in [0.29, 0.717) is 6.04 Å². The van der Waals surface area contributed by atoms with Crippen molar-refractivity contribution < 1.29 is 0 Å². The Morgan fingerprint density at radius 1 is 1.38 bits per heavy atom.